The molecule has 1 saturated heterocycles. The fraction of sp³-hybridized carbons (Fsp3) is 0.333. The van der Waals surface area contributed by atoms with Gasteiger partial charge in [-0.15, -0.1) is 0 Å². The van der Waals surface area contributed by atoms with E-state index in [0.29, 0.717) is 12.1 Å². The number of carbonyl (C=O) groups is 1. The van der Waals surface area contributed by atoms with E-state index in [0.717, 1.165) is 64.8 Å². The Morgan fingerprint density at radius 1 is 1.03 bits per heavy atom. The molecule has 0 saturated carbocycles. The summed E-state index contributed by atoms with van der Waals surface area (Å²) in [6.45, 7) is 8.17. The van der Waals surface area contributed by atoms with Gasteiger partial charge in [-0.05, 0) is 74.1 Å². The van der Waals surface area contributed by atoms with E-state index in [4.69, 9.17) is 4.42 Å². The summed E-state index contributed by atoms with van der Waals surface area (Å²) in [5.74, 6) is 0.106. The van der Waals surface area contributed by atoms with Crippen molar-refractivity contribution in [2.75, 3.05) is 18.4 Å². The molecular weight excluding hydrogens is 364 g/mol. The zero-order chi connectivity index (χ0) is 20.5. The second-order valence-electron chi connectivity index (χ2n) is 7.86. The zero-order valence-electron chi connectivity index (χ0n) is 17.2. The molecule has 1 N–H and O–H groups in total. The van der Waals surface area contributed by atoms with Gasteiger partial charge in [-0.3, -0.25) is 4.79 Å². The van der Waals surface area contributed by atoms with Gasteiger partial charge in [0.25, 0.3) is 5.91 Å². The molecule has 1 amide bonds. The van der Waals surface area contributed by atoms with Gasteiger partial charge >= 0.3 is 5.63 Å². The highest BCUT2D eigenvalue weighted by Crippen LogP contribution is 2.25. The number of nitrogens with one attached hydrogen (secondary N) is 1. The predicted molar refractivity (Wildman–Crippen MR) is 116 cm³/mol. The summed E-state index contributed by atoms with van der Waals surface area (Å²) in [5.41, 5.74) is 5.98. The Kier molecular flexibility index (Phi) is 5.14. The number of anilines is 1. The van der Waals surface area contributed by atoms with Crippen LogP contribution in [0.15, 0.2) is 45.6 Å². The molecule has 0 aliphatic carbocycles. The largest absolute Gasteiger partial charge is 0.422 e. The summed E-state index contributed by atoms with van der Waals surface area (Å²) < 4.78 is 5.46. The van der Waals surface area contributed by atoms with Crippen molar-refractivity contribution >= 4 is 22.6 Å². The first-order valence-corrected chi connectivity index (χ1v) is 10.1. The fourth-order valence-corrected chi connectivity index (χ4v) is 3.96. The van der Waals surface area contributed by atoms with Gasteiger partial charge in [0, 0.05) is 42.3 Å². The molecule has 0 unspecified atom stereocenters. The van der Waals surface area contributed by atoms with Crippen LogP contribution in [0.25, 0.3) is 11.0 Å². The van der Waals surface area contributed by atoms with Crippen molar-refractivity contribution in [3.05, 3.63) is 74.6 Å². The normalized spacial score (nSPS) is 13.8. The monoisotopic (exact) mass is 390 g/mol. The van der Waals surface area contributed by atoms with Gasteiger partial charge in [0.2, 0.25) is 0 Å². The van der Waals surface area contributed by atoms with E-state index in [2.05, 4.69) is 5.32 Å². The molecule has 0 atom stereocenters. The zero-order valence-corrected chi connectivity index (χ0v) is 17.2. The minimum Gasteiger partial charge on any atom is -0.422 e. The van der Waals surface area contributed by atoms with Crippen molar-refractivity contribution < 1.29 is 9.21 Å². The number of benzene rings is 2. The topological polar surface area (TPSA) is 62.6 Å². The van der Waals surface area contributed by atoms with Crippen LogP contribution in [-0.2, 0) is 6.54 Å². The molecule has 4 rings (SSSR count). The summed E-state index contributed by atoms with van der Waals surface area (Å²) in [6.07, 6.45) is 2.17. The molecule has 1 aromatic heterocycles. The Morgan fingerprint density at radius 2 is 1.79 bits per heavy atom. The van der Waals surface area contributed by atoms with Gasteiger partial charge in [-0.25, -0.2) is 4.79 Å². The summed E-state index contributed by atoms with van der Waals surface area (Å²) in [5, 5.41) is 4.36. The average Bonchev–Trinajstić information content (AvgIpc) is 3.24. The number of likely N-dealkylation sites (tertiary alicyclic amines) is 1. The van der Waals surface area contributed by atoms with Crippen molar-refractivity contribution in [3.8, 4) is 0 Å². The first-order valence-electron chi connectivity index (χ1n) is 10.1. The van der Waals surface area contributed by atoms with Gasteiger partial charge in [0.15, 0.2) is 0 Å². The van der Waals surface area contributed by atoms with Crippen LogP contribution in [0.5, 0.6) is 0 Å². The number of carbonyl (C=O) groups excluding carboxylic acids is 1. The number of aryl methyl sites for hydroxylation is 3. The van der Waals surface area contributed by atoms with E-state index >= 15 is 0 Å². The van der Waals surface area contributed by atoms with Crippen molar-refractivity contribution in [1.29, 1.82) is 0 Å². The molecule has 3 aromatic rings. The minimum atomic E-state index is -0.341. The smallest absolute Gasteiger partial charge is 0.336 e. The second kappa shape index (κ2) is 7.74. The third-order valence-corrected chi connectivity index (χ3v) is 5.85. The highest BCUT2D eigenvalue weighted by Gasteiger charge is 2.19. The van der Waals surface area contributed by atoms with Crippen LogP contribution in [0, 0.1) is 20.8 Å². The van der Waals surface area contributed by atoms with Gasteiger partial charge in [-0.1, -0.05) is 12.1 Å². The van der Waals surface area contributed by atoms with Crippen molar-refractivity contribution in [1.82, 2.24) is 4.90 Å². The summed E-state index contributed by atoms with van der Waals surface area (Å²) in [7, 11) is 0. The highest BCUT2D eigenvalue weighted by molar-refractivity contribution is 5.95. The van der Waals surface area contributed by atoms with E-state index in [1.807, 2.05) is 56.0 Å². The lowest BCUT2D eigenvalue weighted by atomic mass is 10.0. The quantitative estimate of drug-likeness (QED) is 0.663. The van der Waals surface area contributed by atoms with Gasteiger partial charge in [-0.2, -0.15) is 0 Å². The van der Waals surface area contributed by atoms with E-state index in [9.17, 15) is 9.59 Å². The van der Waals surface area contributed by atoms with E-state index < -0.39 is 0 Å². The molecule has 0 spiro atoms. The van der Waals surface area contributed by atoms with Crippen LogP contribution in [0.3, 0.4) is 0 Å². The predicted octanol–water partition coefficient (Wildman–Crippen LogP) is 4.57. The lowest BCUT2D eigenvalue weighted by Crippen LogP contribution is -2.27. The average molecular weight is 390 g/mol. The maximum absolute atomic E-state index is 12.6. The Bertz CT molecular complexity index is 1140. The first-order chi connectivity index (χ1) is 13.9. The Labute approximate surface area is 170 Å². The van der Waals surface area contributed by atoms with Crippen LogP contribution in [0.4, 0.5) is 5.69 Å². The van der Waals surface area contributed by atoms with Crippen LogP contribution < -0.4 is 10.9 Å². The van der Waals surface area contributed by atoms with Crippen LogP contribution in [-0.4, -0.2) is 23.9 Å². The maximum Gasteiger partial charge on any atom is 0.336 e. The maximum atomic E-state index is 12.6. The summed E-state index contributed by atoms with van der Waals surface area (Å²) in [6, 6.07) is 11.4. The van der Waals surface area contributed by atoms with Crippen LogP contribution in [0.2, 0.25) is 0 Å². The van der Waals surface area contributed by atoms with Gasteiger partial charge in [0.05, 0.1) is 0 Å². The summed E-state index contributed by atoms with van der Waals surface area (Å²) >= 11 is 0. The number of hydrogen-bond donors (Lipinski definition) is 1. The standard InChI is InChI=1S/C24H26N2O3/c1-15-6-8-20-19(13-22(27)29-23(20)17(15)3)14-25-21-9-7-18(12-16(21)2)24(28)26-10-4-5-11-26/h6-9,12-13,25H,4-5,10-11,14H2,1-3H3. The number of nitrogens with zero attached hydrogens (tertiary/aromatic N) is 1. The molecule has 0 bridgehead atoms. The number of amides is 1. The minimum absolute atomic E-state index is 0.106. The lowest BCUT2D eigenvalue weighted by Gasteiger charge is -2.17. The van der Waals surface area contributed by atoms with E-state index in [-0.39, 0.29) is 11.5 Å². The van der Waals surface area contributed by atoms with E-state index in [1.165, 1.54) is 0 Å². The molecule has 1 aliphatic rings. The molecule has 150 valence electrons. The molecule has 2 heterocycles. The van der Waals surface area contributed by atoms with Crippen molar-refractivity contribution in [2.24, 2.45) is 0 Å². The molecular formula is C24H26N2O3. The molecule has 1 aliphatic heterocycles. The number of hydrogen-bond acceptors (Lipinski definition) is 4. The molecule has 5 nitrogen and oxygen atoms in total. The van der Waals surface area contributed by atoms with Crippen molar-refractivity contribution in [2.45, 2.75) is 40.2 Å². The van der Waals surface area contributed by atoms with Crippen LogP contribution >= 0.6 is 0 Å². The first kappa shape index (κ1) is 19.2. The van der Waals surface area contributed by atoms with Gasteiger partial charge in [0.1, 0.15) is 5.58 Å². The molecule has 2 aromatic carbocycles. The van der Waals surface area contributed by atoms with Crippen molar-refractivity contribution in [3.63, 3.8) is 0 Å². The number of rotatable bonds is 4. The van der Waals surface area contributed by atoms with E-state index in [1.54, 1.807) is 6.07 Å². The molecule has 5 heteroatoms. The highest BCUT2D eigenvalue weighted by atomic mass is 16.4. The second-order valence-corrected chi connectivity index (χ2v) is 7.86. The third-order valence-electron chi connectivity index (χ3n) is 5.85. The fourth-order valence-electron chi connectivity index (χ4n) is 3.96. The van der Waals surface area contributed by atoms with Crippen LogP contribution in [0.1, 0.15) is 45.5 Å². The number of fused-ring (bicyclic) bond motifs is 1. The Balaban J connectivity index is 1.57. The molecule has 29 heavy (non-hydrogen) atoms. The third kappa shape index (κ3) is 3.77. The lowest BCUT2D eigenvalue weighted by molar-refractivity contribution is 0.0793. The Morgan fingerprint density at radius 3 is 2.52 bits per heavy atom. The molecule has 1 fully saturated rings. The summed E-state index contributed by atoms with van der Waals surface area (Å²) in [4.78, 5) is 26.6. The SMILES string of the molecule is Cc1cc(C(=O)N2CCCC2)ccc1NCc1cc(=O)oc2c(C)c(C)ccc12. The Hall–Kier alpha value is -3.08. The van der Waals surface area contributed by atoms with Gasteiger partial charge < -0.3 is 14.6 Å². The molecule has 0 radical (unpaired) electrons.